The molecule has 1 aromatic carbocycles. The number of fused-ring (bicyclic) bond motifs is 6. The highest BCUT2D eigenvalue weighted by molar-refractivity contribution is 7.10. The maximum Gasteiger partial charge on any atom is 0.324 e. The Hall–Kier alpha value is -5.43. The van der Waals surface area contributed by atoms with Crippen LogP contribution in [0.4, 0.5) is 4.79 Å². The van der Waals surface area contributed by atoms with Gasteiger partial charge in [0.15, 0.2) is 0 Å². The Morgan fingerprint density at radius 3 is 2.58 bits per heavy atom. The average Bonchev–Trinajstić information content (AvgIpc) is 3.98. The van der Waals surface area contributed by atoms with Gasteiger partial charge in [-0.2, -0.15) is 0 Å². The molecular weight excluding hydrogens is 873 g/mol. The standard InChI is InChI=1S/C49H66N10O7S/c1-10-58-39-16-15-31-19-33(39)34(43(58)32-13-11-17-50-41(32)29(4)65-9)21-49(5,6)27-66-47(63)35-14-12-18-59(54-35)46(62)36(20-40-52-38(31)26-67-40)53-44(60)42(28(2)3)56(8)48(64)55(7)23-30-24-57(25-30)45(61)37-22-51-37/h11,13,15-17,19,26,28-30,35-37,42,51,54H,10,12,14,18,20-25,27H2,1-9H3,(H,53,60)/t29-,35-,36-,37+,42-/m0/s1. The van der Waals surface area contributed by atoms with Gasteiger partial charge in [0.2, 0.25) is 11.8 Å². The molecular formula is C49H66N10O7S. The minimum atomic E-state index is -1.08. The number of likely N-dealkylation sites (N-methyl/N-ethyl adjacent to an activating group) is 1. The number of carbonyl (C=O) groups is 5. The Balaban J connectivity index is 1.11. The number of rotatable bonds is 11. The van der Waals surface area contributed by atoms with Crippen molar-refractivity contribution in [1.29, 1.82) is 0 Å². The summed E-state index contributed by atoms with van der Waals surface area (Å²) in [5.74, 6) is -1.42. The van der Waals surface area contributed by atoms with Gasteiger partial charge >= 0.3 is 12.0 Å². The van der Waals surface area contributed by atoms with Crippen molar-refractivity contribution in [1.82, 2.24) is 50.3 Å². The van der Waals surface area contributed by atoms with Crippen molar-refractivity contribution in [3.05, 3.63) is 58.2 Å². The largest absolute Gasteiger partial charge is 0.464 e. The number of likely N-dealkylation sites (tertiary alicyclic amines) is 1. The van der Waals surface area contributed by atoms with E-state index in [2.05, 4.69) is 65.7 Å². The third-order valence-electron chi connectivity index (χ3n) is 13.6. The van der Waals surface area contributed by atoms with Crippen LogP contribution in [-0.4, -0.2) is 149 Å². The lowest BCUT2D eigenvalue weighted by Gasteiger charge is -2.42. The average molecular weight is 939 g/mol. The van der Waals surface area contributed by atoms with Crippen molar-refractivity contribution in [3.8, 4) is 22.5 Å². The number of pyridine rings is 1. The summed E-state index contributed by atoms with van der Waals surface area (Å²) in [6.07, 6.45) is 3.21. The van der Waals surface area contributed by atoms with Crippen LogP contribution in [0.5, 0.6) is 0 Å². The number of thiazole rings is 1. The number of cyclic esters (lactones) is 1. The maximum absolute atomic E-state index is 14.6. The fourth-order valence-electron chi connectivity index (χ4n) is 9.92. The van der Waals surface area contributed by atoms with Crippen LogP contribution >= 0.6 is 11.3 Å². The molecule has 67 heavy (non-hydrogen) atoms. The number of aryl methyl sites for hydroxylation is 1. The van der Waals surface area contributed by atoms with E-state index in [4.69, 9.17) is 19.4 Å². The Morgan fingerprint density at radius 2 is 1.88 bits per heavy atom. The van der Waals surface area contributed by atoms with E-state index in [0.717, 1.165) is 44.7 Å². The molecule has 0 spiro atoms. The van der Waals surface area contributed by atoms with Gasteiger partial charge in [0.05, 0.1) is 40.8 Å². The third-order valence-corrected chi connectivity index (χ3v) is 14.5. The van der Waals surface area contributed by atoms with Crippen LogP contribution in [0.1, 0.15) is 76.8 Å². The quantitative estimate of drug-likeness (QED) is 0.140. The Kier molecular flexibility index (Phi) is 14.1. The molecule has 4 aromatic rings. The van der Waals surface area contributed by atoms with E-state index < -0.39 is 41.3 Å². The molecule has 3 fully saturated rings. The number of esters is 1. The minimum Gasteiger partial charge on any atom is -0.464 e. The molecule has 7 heterocycles. The van der Waals surface area contributed by atoms with Crippen molar-refractivity contribution in [2.75, 3.05) is 60.5 Å². The molecule has 18 heteroatoms. The predicted octanol–water partition coefficient (Wildman–Crippen LogP) is 4.64. The van der Waals surface area contributed by atoms with Crippen molar-refractivity contribution in [2.45, 2.75) is 104 Å². The summed E-state index contributed by atoms with van der Waals surface area (Å²) < 4.78 is 14.2. The maximum atomic E-state index is 14.6. The summed E-state index contributed by atoms with van der Waals surface area (Å²) in [5, 5.41) is 11.2. The van der Waals surface area contributed by atoms with Crippen LogP contribution in [0, 0.1) is 17.3 Å². The van der Waals surface area contributed by atoms with E-state index in [9.17, 15) is 24.0 Å². The number of carbonyl (C=O) groups excluding carboxylic acids is 5. The number of aromatic nitrogens is 3. The number of nitrogens with one attached hydrogen (secondary N) is 3. The number of hydrogen-bond donors (Lipinski definition) is 3. The fourth-order valence-corrected chi connectivity index (χ4v) is 10.8. The molecule has 6 bridgehead atoms. The highest BCUT2D eigenvalue weighted by Crippen LogP contribution is 2.42. The number of hydrazine groups is 1. The minimum absolute atomic E-state index is 0.0811. The number of hydrogen-bond acceptors (Lipinski definition) is 12. The van der Waals surface area contributed by atoms with Gasteiger partial charge in [0.1, 0.15) is 18.1 Å². The highest BCUT2D eigenvalue weighted by atomic mass is 32.1. The molecule has 4 aliphatic heterocycles. The molecule has 0 unspecified atom stereocenters. The van der Waals surface area contributed by atoms with E-state index in [1.807, 2.05) is 37.1 Å². The van der Waals surface area contributed by atoms with Gasteiger partial charge in [-0.25, -0.2) is 15.2 Å². The molecule has 0 saturated carbocycles. The Morgan fingerprint density at radius 1 is 1.12 bits per heavy atom. The zero-order valence-electron chi connectivity index (χ0n) is 40.3. The lowest BCUT2D eigenvalue weighted by atomic mass is 9.84. The number of ether oxygens (including phenoxy) is 2. The van der Waals surface area contributed by atoms with Gasteiger partial charge in [-0.15, -0.1) is 11.3 Å². The fraction of sp³-hybridized carbons (Fsp3) is 0.571. The van der Waals surface area contributed by atoms with Crippen molar-refractivity contribution < 1.29 is 33.4 Å². The Bertz CT molecular complexity index is 2510. The van der Waals surface area contributed by atoms with Crippen LogP contribution in [0.15, 0.2) is 41.9 Å². The molecule has 0 aliphatic carbocycles. The summed E-state index contributed by atoms with van der Waals surface area (Å²) in [5.41, 5.74) is 9.29. The van der Waals surface area contributed by atoms with Crippen LogP contribution in [0.2, 0.25) is 0 Å². The number of methoxy groups -OCH3 is 1. The highest BCUT2D eigenvalue weighted by Gasteiger charge is 2.42. The molecule has 0 radical (unpaired) electrons. The van der Waals surface area contributed by atoms with E-state index in [1.165, 1.54) is 21.2 Å². The second-order valence-electron chi connectivity index (χ2n) is 19.8. The number of nitrogens with zero attached hydrogens (tertiary/aromatic N) is 7. The molecule has 3 N–H and O–H groups in total. The van der Waals surface area contributed by atoms with Gasteiger partial charge in [0, 0.05) is 112 Å². The molecule has 8 rings (SSSR count). The third kappa shape index (κ3) is 10.1. The molecule has 17 nitrogen and oxygen atoms in total. The zero-order valence-corrected chi connectivity index (χ0v) is 41.1. The van der Waals surface area contributed by atoms with Crippen LogP contribution in [0.3, 0.4) is 0 Å². The monoisotopic (exact) mass is 938 g/mol. The molecule has 360 valence electrons. The van der Waals surface area contributed by atoms with E-state index >= 15 is 0 Å². The van der Waals surface area contributed by atoms with E-state index in [1.54, 1.807) is 32.3 Å². The summed E-state index contributed by atoms with van der Waals surface area (Å²) in [7, 11) is 5.00. The first-order valence-electron chi connectivity index (χ1n) is 23.6. The van der Waals surface area contributed by atoms with Crippen molar-refractivity contribution >= 4 is 52.0 Å². The normalized spacial score (nSPS) is 21.9. The van der Waals surface area contributed by atoms with Gasteiger partial charge in [0.25, 0.3) is 5.91 Å². The van der Waals surface area contributed by atoms with Gasteiger partial charge in [-0.1, -0.05) is 33.8 Å². The Labute approximate surface area is 396 Å². The van der Waals surface area contributed by atoms with E-state index in [-0.39, 0.29) is 48.9 Å². The topological polar surface area (TPSA) is 193 Å². The summed E-state index contributed by atoms with van der Waals surface area (Å²) >= 11 is 1.41. The number of benzene rings is 1. The molecule has 5 amide bonds. The smallest absolute Gasteiger partial charge is 0.324 e. The molecule has 4 aliphatic rings. The molecule has 3 aromatic heterocycles. The lowest BCUT2D eigenvalue weighted by Crippen LogP contribution is -2.62. The SMILES string of the molecule is CCn1c(-c2cccnc2[C@H](C)OC)c2c3cc(ccc31)-c1csc(n1)C[C@H](NC(=O)[C@H](C(C)C)N(C)C(=O)N(C)CC1CN(C(=O)[C@H]3CN3)C1)C(=O)N1CCC[C@H](N1)C(=O)OCC(C)(C)C2. The second-order valence-corrected chi connectivity index (χ2v) is 20.7. The molecule has 3 saturated heterocycles. The van der Waals surface area contributed by atoms with Gasteiger partial charge < -0.3 is 39.4 Å². The first-order valence-corrected chi connectivity index (χ1v) is 24.5. The van der Waals surface area contributed by atoms with Crippen LogP contribution in [0.25, 0.3) is 33.4 Å². The molecule has 5 atom stereocenters. The van der Waals surface area contributed by atoms with Gasteiger partial charge in [-0.05, 0) is 68.9 Å². The van der Waals surface area contributed by atoms with Crippen molar-refractivity contribution in [3.63, 3.8) is 0 Å². The number of amides is 5. The van der Waals surface area contributed by atoms with E-state index in [0.29, 0.717) is 63.5 Å². The van der Waals surface area contributed by atoms with Crippen LogP contribution in [-0.2, 0) is 48.0 Å². The number of urea groups is 1. The zero-order chi connectivity index (χ0) is 47.9. The van der Waals surface area contributed by atoms with Crippen molar-refractivity contribution in [2.24, 2.45) is 17.3 Å². The van der Waals surface area contributed by atoms with Crippen LogP contribution < -0.4 is 16.1 Å². The summed E-state index contributed by atoms with van der Waals surface area (Å²) in [6.45, 7) is 15.5. The first kappa shape index (κ1) is 48.0. The van der Waals surface area contributed by atoms with Gasteiger partial charge in [-0.3, -0.25) is 29.2 Å². The predicted molar refractivity (Wildman–Crippen MR) is 256 cm³/mol. The summed E-state index contributed by atoms with van der Waals surface area (Å²) in [6, 6.07) is 7.23. The lowest BCUT2D eigenvalue weighted by molar-refractivity contribution is -0.155. The summed E-state index contributed by atoms with van der Waals surface area (Å²) in [4.78, 5) is 84.1. The first-order chi connectivity index (χ1) is 32.0. The second kappa shape index (κ2) is 19.7.